The van der Waals surface area contributed by atoms with E-state index in [0.29, 0.717) is 6.04 Å². The fraction of sp³-hybridized carbons (Fsp3) is 0.692. The molecule has 96 valence electrons. The van der Waals surface area contributed by atoms with Gasteiger partial charge in [-0.1, -0.05) is 13.8 Å². The van der Waals surface area contributed by atoms with Crippen LogP contribution >= 0.6 is 0 Å². The Morgan fingerprint density at radius 1 is 1.29 bits per heavy atom. The van der Waals surface area contributed by atoms with Crippen LogP contribution in [0.3, 0.4) is 0 Å². The molecular formula is C13H24N4. The maximum Gasteiger partial charge on any atom is 0.134 e. The number of nitrogens with zero attached hydrogens (tertiary/aromatic N) is 3. The van der Waals surface area contributed by atoms with Crippen LogP contribution in [0.15, 0.2) is 6.07 Å². The Balaban J connectivity index is 2.96. The Morgan fingerprint density at radius 2 is 2.00 bits per heavy atom. The molecule has 4 heteroatoms. The Morgan fingerprint density at radius 3 is 2.53 bits per heavy atom. The largest absolute Gasteiger partial charge is 0.370 e. The van der Waals surface area contributed by atoms with Crippen molar-refractivity contribution in [2.24, 2.45) is 0 Å². The van der Waals surface area contributed by atoms with Gasteiger partial charge in [-0.15, -0.1) is 0 Å². The summed E-state index contributed by atoms with van der Waals surface area (Å²) in [6, 6.07) is 2.46. The van der Waals surface area contributed by atoms with Crippen LogP contribution in [0.25, 0.3) is 0 Å². The van der Waals surface area contributed by atoms with Gasteiger partial charge in [0.05, 0.1) is 0 Å². The van der Waals surface area contributed by atoms with Gasteiger partial charge in [-0.05, 0) is 20.3 Å². The molecule has 0 bridgehead atoms. The lowest BCUT2D eigenvalue weighted by molar-refractivity contribution is 0.735. The second kappa shape index (κ2) is 6.42. The number of aromatic nitrogens is 2. The van der Waals surface area contributed by atoms with E-state index in [9.17, 15) is 0 Å². The van der Waals surface area contributed by atoms with Crippen LogP contribution < -0.4 is 10.2 Å². The summed E-state index contributed by atoms with van der Waals surface area (Å²) in [5.41, 5.74) is 0. The van der Waals surface area contributed by atoms with Gasteiger partial charge >= 0.3 is 0 Å². The molecule has 0 aliphatic rings. The molecule has 1 rings (SSSR count). The molecule has 0 fully saturated rings. The molecule has 0 spiro atoms. The third kappa shape index (κ3) is 3.88. The molecule has 0 amide bonds. The average Bonchev–Trinajstić information content (AvgIpc) is 2.34. The van der Waals surface area contributed by atoms with Gasteiger partial charge in [-0.25, -0.2) is 9.97 Å². The minimum Gasteiger partial charge on any atom is -0.370 e. The van der Waals surface area contributed by atoms with Gasteiger partial charge in [0, 0.05) is 32.1 Å². The van der Waals surface area contributed by atoms with Crippen molar-refractivity contribution in [1.29, 1.82) is 0 Å². The smallest absolute Gasteiger partial charge is 0.134 e. The fourth-order valence-corrected chi connectivity index (χ4v) is 1.43. The zero-order valence-corrected chi connectivity index (χ0v) is 11.6. The Labute approximate surface area is 104 Å². The Bertz CT molecular complexity index is 349. The first-order valence-corrected chi connectivity index (χ1v) is 6.43. The molecule has 0 aromatic carbocycles. The van der Waals surface area contributed by atoms with Crippen molar-refractivity contribution < 1.29 is 0 Å². The molecule has 0 aliphatic heterocycles. The second-order valence-corrected chi connectivity index (χ2v) is 4.51. The molecule has 0 atom stereocenters. The highest BCUT2D eigenvalue weighted by molar-refractivity contribution is 5.49. The van der Waals surface area contributed by atoms with Crippen molar-refractivity contribution in [3.05, 3.63) is 11.9 Å². The first-order valence-electron chi connectivity index (χ1n) is 6.43. The van der Waals surface area contributed by atoms with Crippen LogP contribution in [0.1, 0.15) is 39.9 Å². The summed E-state index contributed by atoms with van der Waals surface area (Å²) in [6.07, 6.45) is 1.96. The van der Waals surface area contributed by atoms with Crippen LogP contribution in [0.5, 0.6) is 0 Å². The number of rotatable bonds is 6. The molecule has 0 radical (unpaired) electrons. The van der Waals surface area contributed by atoms with Gasteiger partial charge in [0.25, 0.3) is 0 Å². The van der Waals surface area contributed by atoms with Gasteiger partial charge in [-0.3, -0.25) is 0 Å². The summed E-state index contributed by atoms with van der Waals surface area (Å²) >= 11 is 0. The van der Waals surface area contributed by atoms with E-state index in [-0.39, 0.29) is 0 Å². The molecule has 1 aromatic rings. The van der Waals surface area contributed by atoms with Crippen LogP contribution in [0, 0.1) is 0 Å². The molecule has 0 saturated carbocycles. The van der Waals surface area contributed by atoms with Gasteiger partial charge in [0.2, 0.25) is 0 Å². The van der Waals surface area contributed by atoms with Crippen LogP contribution in [0.4, 0.5) is 11.6 Å². The molecule has 4 nitrogen and oxygen atoms in total. The van der Waals surface area contributed by atoms with E-state index in [1.807, 2.05) is 6.07 Å². The highest BCUT2D eigenvalue weighted by Gasteiger charge is 2.09. The molecule has 1 N–H and O–H groups in total. The molecule has 0 aliphatic carbocycles. The normalized spacial score (nSPS) is 10.7. The number of anilines is 2. The fourth-order valence-electron chi connectivity index (χ4n) is 1.43. The van der Waals surface area contributed by atoms with E-state index < -0.39 is 0 Å². The van der Waals surface area contributed by atoms with Crippen molar-refractivity contribution in [2.75, 3.05) is 23.8 Å². The van der Waals surface area contributed by atoms with E-state index in [1.54, 1.807) is 0 Å². The summed E-state index contributed by atoms with van der Waals surface area (Å²) < 4.78 is 0. The molecule has 1 heterocycles. The van der Waals surface area contributed by atoms with Crippen molar-refractivity contribution in [1.82, 2.24) is 9.97 Å². The minimum absolute atomic E-state index is 0.439. The number of aryl methyl sites for hydroxylation is 1. The average molecular weight is 236 g/mol. The van der Waals surface area contributed by atoms with E-state index in [0.717, 1.165) is 36.8 Å². The quantitative estimate of drug-likeness (QED) is 0.824. The Kier molecular flexibility index (Phi) is 5.19. The zero-order chi connectivity index (χ0) is 12.8. The van der Waals surface area contributed by atoms with E-state index in [4.69, 9.17) is 0 Å². The predicted octanol–water partition coefficient (Wildman–Crippen LogP) is 2.71. The van der Waals surface area contributed by atoms with Crippen molar-refractivity contribution >= 4 is 11.6 Å². The van der Waals surface area contributed by atoms with Gasteiger partial charge in [-0.2, -0.15) is 0 Å². The predicted molar refractivity (Wildman–Crippen MR) is 73.7 cm³/mol. The van der Waals surface area contributed by atoms with Crippen molar-refractivity contribution in [2.45, 2.75) is 46.6 Å². The lowest BCUT2D eigenvalue weighted by atomic mass is 10.3. The monoisotopic (exact) mass is 236 g/mol. The minimum atomic E-state index is 0.439. The third-order valence-corrected chi connectivity index (χ3v) is 2.77. The molecule has 1 aromatic heterocycles. The van der Waals surface area contributed by atoms with Crippen molar-refractivity contribution in [3.8, 4) is 0 Å². The number of hydrogen-bond acceptors (Lipinski definition) is 4. The molecule has 0 saturated heterocycles. The van der Waals surface area contributed by atoms with Crippen LogP contribution in [-0.2, 0) is 6.42 Å². The van der Waals surface area contributed by atoms with Crippen LogP contribution in [-0.4, -0.2) is 29.6 Å². The highest BCUT2D eigenvalue weighted by Crippen LogP contribution is 2.17. The van der Waals surface area contributed by atoms with E-state index in [2.05, 4.69) is 54.9 Å². The summed E-state index contributed by atoms with van der Waals surface area (Å²) in [5, 5.41) is 3.33. The van der Waals surface area contributed by atoms with Crippen LogP contribution in [0.2, 0.25) is 0 Å². The maximum atomic E-state index is 4.56. The Hall–Kier alpha value is -1.32. The standard InChI is InChI=1S/C13H24N4/c1-6-8-14-12-9-13(17(5)10(3)4)16-11(7-2)15-12/h9-10H,6-8H2,1-5H3,(H,14,15,16). The summed E-state index contributed by atoms with van der Waals surface area (Å²) in [6.45, 7) is 9.50. The number of nitrogens with one attached hydrogen (secondary N) is 1. The van der Waals surface area contributed by atoms with Gasteiger partial charge in [0.15, 0.2) is 0 Å². The third-order valence-electron chi connectivity index (χ3n) is 2.77. The van der Waals surface area contributed by atoms with E-state index in [1.165, 1.54) is 0 Å². The van der Waals surface area contributed by atoms with Gasteiger partial charge in [0.1, 0.15) is 17.5 Å². The van der Waals surface area contributed by atoms with E-state index >= 15 is 0 Å². The molecular weight excluding hydrogens is 212 g/mol. The van der Waals surface area contributed by atoms with Gasteiger partial charge < -0.3 is 10.2 Å². The first kappa shape index (κ1) is 13.7. The summed E-state index contributed by atoms with van der Waals surface area (Å²) in [7, 11) is 2.07. The van der Waals surface area contributed by atoms with Crippen molar-refractivity contribution in [3.63, 3.8) is 0 Å². The first-order chi connectivity index (χ1) is 8.08. The highest BCUT2D eigenvalue weighted by atomic mass is 15.2. The number of hydrogen-bond donors (Lipinski definition) is 1. The second-order valence-electron chi connectivity index (χ2n) is 4.51. The molecule has 17 heavy (non-hydrogen) atoms. The summed E-state index contributed by atoms with van der Waals surface area (Å²) in [5.74, 6) is 2.82. The maximum absolute atomic E-state index is 4.56. The lowest BCUT2D eigenvalue weighted by Gasteiger charge is -2.23. The topological polar surface area (TPSA) is 41.0 Å². The SMILES string of the molecule is CCCNc1cc(N(C)C(C)C)nc(CC)n1. The summed E-state index contributed by atoms with van der Waals surface area (Å²) in [4.78, 5) is 11.2. The lowest BCUT2D eigenvalue weighted by Crippen LogP contribution is -2.27. The molecule has 0 unspecified atom stereocenters. The zero-order valence-electron chi connectivity index (χ0n) is 11.6.